The highest BCUT2D eigenvalue weighted by Crippen LogP contribution is 2.19. The zero-order chi connectivity index (χ0) is 14.5. The van der Waals surface area contributed by atoms with Crippen molar-refractivity contribution < 1.29 is 14.3 Å². The van der Waals surface area contributed by atoms with Crippen molar-refractivity contribution in [2.24, 2.45) is 0 Å². The van der Waals surface area contributed by atoms with Crippen LogP contribution < -0.4 is 10.6 Å². The lowest BCUT2D eigenvalue weighted by Gasteiger charge is -2.33. The van der Waals surface area contributed by atoms with Crippen molar-refractivity contribution in [2.75, 3.05) is 5.88 Å². The maximum Gasteiger partial charge on any atom is 0.407 e. The van der Waals surface area contributed by atoms with Gasteiger partial charge in [-0.05, 0) is 33.6 Å². The van der Waals surface area contributed by atoms with E-state index in [1.165, 1.54) is 0 Å². The summed E-state index contributed by atoms with van der Waals surface area (Å²) in [5.74, 6) is -0.264. The molecule has 2 N–H and O–H groups in total. The molecule has 0 heterocycles. The van der Waals surface area contributed by atoms with E-state index in [2.05, 4.69) is 10.6 Å². The predicted molar refractivity (Wildman–Crippen MR) is 74.3 cm³/mol. The molecule has 19 heavy (non-hydrogen) atoms. The lowest BCUT2D eigenvalue weighted by Crippen LogP contribution is -2.54. The molecule has 0 aromatic heterocycles. The van der Waals surface area contributed by atoms with Crippen molar-refractivity contribution in [2.45, 2.75) is 64.1 Å². The Morgan fingerprint density at radius 1 is 1.16 bits per heavy atom. The van der Waals surface area contributed by atoms with Gasteiger partial charge in [0, 0.05) is 6.04 Å². The van der Waals surface area contributed by atoms with Gasteiger partial charge in [-0.15, -0.1) is 11.6 Å². The van der Waals surface area contributed by atoms with E-state index >= 15 is 0 Å². The predicted octanol–water partition coefficient (Wildman–Crippen LogP) is 2.18. The Bertz CT molecular complexity index is 328. The third kappa shape index (κ3) is 6.14. The minimum Gasteiger partial charge on any atom is -0.444 e. The molecular weight excluding hydrogens is 268 g/mol. The van der Waals surface area contributed by atoms with E-state index in [0.29, 0.717) is 0 Å². The van der Waals surface area contributed by atoms with Crippen molar-refractivity contribution in [1.82, 2.24) is 10.6 Å². The second-order valence-electron chi connectivity index (χ2n) is 5.84. The third-order valence-corrected chi connectivity index (χ3v) is 3.18. The Morgan fingerprint density at radius 2 is 1.68 bits per heavy atom. The van der Waals surface area contributed by atoms with Gasteiger partial charge in [-0.1, -0.05) is 12.8 Å². The van der Waals surface area contributed by atoms with Crippen molar-refractivity contribution >= 4 is 23.6 Å². The number of ether oxygens (including phenoxy) is 1. The fourth-order valence-corrected chi connectivity index (χ4v) is 2.26. The Labute approximate surface area is 119 Å². The summed E-state index contributed by atoms with van der Waals surface area (Å²) >= 11 is 5.49. The molecule has 0 bridgehead atoms. The first kappa shape index (κ1) is 16.1. The minimum atomic E-state index is -0.520. The number of hydrogen-bond donors (Lipinski definition) is 2. The van der Waals surface area contributed by atoms with Gasteiger partial charge in [0.05, 0.1) is 6.04 Å². The molecule has 0 unspecified atom stereocenters. The maximum atomic E-state index is 11.8. The average Bonchev–Trinajstić information content (AvgIpc) is 2.29. The number of amides is 2. The van der Waals surface area contributed by atoms with Gasteiger partial charge in [-0.25, -0.2) is 4.79 Å². The van der Waals surface area contributed by atoms with Gasteiger partial charge in [0.2, 0.25) is 5.91 Å². The normalized spacial score (nSPS) is 23.6. The Hall–Kier alpha value is -0.970. The summed E-state index contributed by atoms with van der Waals surface area (Å²) in [6, 6.07) is -0.150. The fourth-order valence-electron chi connectivity index (χ4n) is 2.18. The van der Waals surface area contributed by atoms with E-state index in [9.17, 15) is 9.59 Å². The van der Waals surface area contributed by atoms with E-state index in [1.807, 2.05) is 20.8 Å². The summed E-state index contributed by atoms with van der Waals surface area (Å²) in [6.07, 6.45) is 3.33. The van der Waals surface area contributed by atoms with Crippen LogP contribution in [0.25, 0.3) is 0 Å². The number of alkyl carbamates (subject to hydrolysis) is 1. The maximum absolute atomic E-state index is 11.8. The summed E-state index contributed by atoms with van der Waals surface area (Å²) in [5, 5.41) is 5.68. The molecule has 1 fully saturated rings. The first-order chi connectivity index (χ1) is 8.81. The molecule has 0 radical (unpaired) electrons. The van der Waals surface area contributed by atoms with Crippen LogP contribution >= 0.6 is 11.6 Å². The van der Waals surface area contributed by atoms with Gasteiger partial charge in [0.15, 0.2) is 0 Å². The Morgan fingerprint density at radius 3 is 2.16 bits per heavy atom. The monoisotopic (exact) mass is 290 g/mol. The van der Waals surface area contributed by atoms with Crippen LogP contribution in [0.1, 0.15) is 46.5 Å². The van der Waals surface area contributed by atoms with Crippen molar-refractivity contribution in [3.63, 3.8) is 0 Å². The molecule has 0 saturated heterocycles. The molecule has 2 atom stereocenters. The first-order valence-corrected chi connectivity index (χ1v) is 7.20. The second kappa shape index (κ2) is 6.98. The molecule has 0 aromatic rings. The number of rotatable bonds is 3. The van der Waals surface area contributed by atoms with Crippen LogP contribution in [0, 0.1) is 0 Å². The number of carbonyl (C=O) groups is 2. The molecule has 1 rings (SSSR count). The van der Waals surface area contributed by atoms with Crippen molar-refractivity contribution in [3.05, 3.63) is 0 Å². The summed E-state index contributed by atoms with van der Waals surface area (Å²) in [4.78, 5) is 23.1. The van der Waals surface area contributed by atoms with Crippen LogP contribution in [-0.2, 0) is 9.53 Å². The molecule has 1 saturated carbocycles. The van der Waals surface area contributed by atoms with Gasteiger partial charge in [-0.2, -0.15) is 0 Å². The zero-order valence-electron chi connectivity index (χ0n) is 11.8. The average molecular weight is 291 g/mol. The summed E-state index contributed by atoms with van der Waals surface area (Å²) in [5.41, 5.74) is -0.520. The smallest absolute Gasteiger partial charge is 0.407 e. The number of nitrogens with one attached hydrogen (secondary N) is 2. The van der Waals surface area contributed by atoms with Gasteiger partial charge in [-0.3, -0.25) is 4.79 Å². The minimum absolute atomic E-state index is 0.0599. The molecule has 0 spiro atoms. The Balaban J connectivity index is 2.52. The lowest BCUT2D eigenvalue weighted by molar-refractivity contribution is -0.119. The highest BCUT2D eigenvalue weighted by molar-refractivity contribution is 6.27. The number of hydrogen-bond acceptors (Lipinski definition) is 3. The third-order valence-electron chi connectivity index (χ3n) is 2.94. The van der Waals surface area contributed by atoms with Crippen molar-refractivity contribution in [1.29, 1.82) is 0 Å². The molecule has 6 heteroatoms. The molecule has 110 valence electrons. The lowest BCUT2D eigenvalue weighted by atomic mass is 9.90. The quantitative estimate of drug-likeness (QED) is 0.783. The van der Waals surface area contributed by atoms with Crippen LogP contribution in [-0.4, -0.2) is 35.6 Å². The van der Waals surface area contributed by atoms with Crippen LogP contribution in [0.2, 0.25) is 0 Å². The summed E-state index contributed by atoms with van der Waals surface area (Å²) < 4.78 is 5.23. The van der Waals surface area contributed by atoms with E-state index in [0.717, 1.165) is 25.7 Å². The van der Waals surface area contributed by atoms with Gasteiger partial charge >= 0.3 is 6.09 Å². The van der Waals surface area contributed by atoms with Crippen LogP contribution in [0.5, 0.6) is 0 Å². The van der Waals surface area contributed by atoms with Gasteiger partial charge < -0.3 is 15.4 Å². The van der Waals surface area contributed by atoms with Crippen LogP contribution in [0.4, 0.5) is 4.79 Å². The van der Waals surface area contributed by atoms with Crippen LogP contribution in [0.3, 0.4) is 0 Å². The zero-order valence-corrected chi connectivity index (χ0v) is 12.5. The molecule has 2 amide bonds. The standard InChI is InChI=1S/C13H23ClN2O3/c1-13(2,3)19-12(18)16-10-7-5-4-6-9(10)15-11(17)8-14/h9-10H,4-8H2,1-3H3,(H,15,17)(H,16,18)/t9-,10-/m1/s1. The van der Waals surface area contributed by atoms with Gasteiger partial charge in [0.25, 0.3) is 0 Å². The first-order valence-electron chi connectivity index (χ1n) is 6.66. The Kier molecular flexibility index (Phi) is 5.91. The highest BCUT2D eigenvalue weighted by atomic mass is 35.5. The molecule has 1 aliphatic rings. The summed E-state index contributed by atoms with van der Waals surface area (Å²) in [7, 11) is 0. The van der Waals surface area contributed by atoms with Crippen molar-refractivity contribution in [3.8, 4) is 0 Å². The molecule has 0 aliphatic heterocycles. The van der Waals surface area contributed by atoms with E-state index in [4.69, 9.17) is 16.3 Å². The number of halogens is 1. The highest BCUT2D eigenvalue weighted by Gasteiger charge is 2.29. The molecule has 0 aromatic carbocycles. The summed E-state index contributed by atoms with van der Waals surface area (Å²) in [6.45, 7) is 5.46. The number of carbonyl (C=O) groups excluding carboxylic acids is 2. The van der Waals surface area contributed by atoms with E-state index < -0.39 is 11.7 Å². The largest absolute Gasteiger partial charge is 0.444 e. The van der Waals surface area contributed by atoms with Crippen LogP contribution in [0.15, 0.2) is 0 Å². The molecule has 1 aliphatic carbocycles. The molecular formula is C13H23ClN2O3. The second-order valence-corrected chi connectivity index (χ2v) is 6.11. The topological polar surface area (TPSA) is 67.4 Å². The van der Waals surface area contributed by atoms with E-state index in [1.54, 1.807) is 0 Å². The molecule has 5 nitrogen and oxygen atoms in total. The van der Waals surface area contributed by atoms with E-state index in [-0.39, 0.29) is 23.9 Å². The SMILES string of the molecule is CC(C)(C)OC(=O)N[C@@H]1CCCC[C@H]1NC(=O)CCl. The van der Waals surface area contributed by atoms with Gasteiger partial charge in [0.1, 0.15) is 11.5 Å². The number of alkyl halides is 1. The fraction of sp³-hybridized carbons (Fsp3) is 0.846.